The summed E-state index contributed by atoms with van der Waals surface area (Å²) in [7, 11) is 0. The largest absolute Gasteiger partial charge is 0.372 e. The Balaban J connectivity index is 1.26. The molecule has 28 heavy (non-hydrogen) atoms. The molecule has 0 amide bonds. The first-order chi connectivity index (χ1) is 13.9. The standard InChI is InChI=1S/C23H31N5/c1-2-8-21(9-3-1)28-16-6-7-18-17-24-23(26-22(18)28)25-19-10-12-20(13-11-19)27-14-4-5-15-27/h6,10-13,16-17,21-22H,1-5,7-9,14-15H2,(H2,24,25,26). The number of rotatable bonds is 3. The fourth-order valence-electron chi connectivity index (χ4n) is 4.95. The van der Waals surface area contributed by atoms with Crippen molar-refractivity contribution in [1.82, 2.24) is 10.2 Å². The molecule has 3 aliphatic heterocycles. The van der Waals surface area contributed by atoms with E-state index in [9.17, 15) is 0 Å². The Hall–Kier alpha value is -2.43. The van der Waals surface area contributed by atoms with E-state index in [1.54, 1.807) is 0 Å². The van der Waals surface area contributed by atoms with Crippen molar-refractivity contribution in [2.45, 2.75) is 63.6 Å². The number of hydrogen-bond acceptors (Lipinski definition) is 5. The molecule has 5 rings (SSSR count). The van der Waals surface area contributed by atoms with Crippen LogP contribution in [0.4, 0.5) is 11.4 Å². The molecule has 1 aromatic rings. The molecular weight excluding hydrogens is 346 g/mol. The lowest BCUT2D eigenvalue weighted by atomic mass is 9.92. The van der Waals surface area contributed by atoms with E-state index < -0.39 is 0 Å². The van der Waals surface area contributed by atoms with Gasteiger partial charge in [0, 0.05) is 36.7 Å². The van der Waals surface area contributed by atoms with Gasteiger partial charge in [0.15, 0.2) is 0 Å². The molecule has 0 radical (unpaired) electrons. The lowest BCUT2D eigenvalue weighted by Gasteiger charge is -2.43. The summed E-state index contributed by atoms with van der Waals surface area (Å²) in [5.41, 5.74) is 3.77. The van der Waals surface area contributed by atoms with Crippen LogP contribution >= 0.6 is 0 Å². The molecule has 1 saturated carbocycles. The van der Waals surface area contributed by atoms with E-state index >= 15 is 0 Å². The van der Waals surface area contributed by atoms with Gasteiger partial charge in [0.25, 0.3) is 0 Å². The molecule has 1 aliphatic carbocycles. The van der Waals surface area contributed by atoms with Gasteiger partial charge in [0.1, 0.15) is 6.17 Å². The van der Waals surface area contributed by atoms with Crippen molar-refractivity contribution in [3.63, 3.8) is 0 Å². The zero-order valence-corrected chi connectivity index (χ0v) is 16.6. The van der Waals surface area contributed by atoms with Crippen molar-refractivity contribution >= 4 is 17.3 Å². The maximum atomic E-state index is 4.65. The number of fused-ring (bicyclic) bond motifs is 1. The molecule has 2 fully saturated rings. The van der Waals surface area contributed by atoms with Crippen molar-refractivity contribution in [1.29, 1.82) is 0 Å². The number of aliphatic imine (C=N–C) groups is 1. The van der Waals surface area contributed by atoms with E-state index in [1.165, 1.54) is 69.3 Å². The maximum absolute atomic E-state index is 4.65. The highest BCUT2D eigenvalue weighted by Gasteiger charge is 2.31. The fourth-order valence-corrected chi connectivity index (χ4v) is 4.95. The third kappa shape index (κ3) is 3.62. The summed E-state index contributed by atoms with van der Waals surface area (Å²) < 4.78 is 0. The van der Waals surface area contributed by atoms with Gasteiger partial charge in [-0.1, -0.05) is 25.3 Å². The average molecular weight is 378 g/mol. The van der Waals surface area contributed by atoms with E-state index in [2.05, 4.69) is 68.2 Å². The number of hydrogen-bond donors (Lipinski definition) is 2. The predicted molar refractivity (Wildman–Crippen MR) is 116 cm³/mol. The molecule has 1 atom stereocenters. The van der Waals surface area contributed by atoms with Crippen molar-refractivity contribution in [3.8, 4) is 0 Å². The zero-order chi connectivity index (χ0) is 18.8. The topological polar surface area (TPSA) is 42.9 Å². The third-order valence-corrected chi connectivity index (χ3v) is 6.51. The van der Waals surface area contributed by atoms with Crippen LogP contribution in [0.15, 0.2) is 53.3 Å². The number of nitrogens with zero attached hydrogens (tertiary/aromatic N) is 3. The monoisotopic (exact) mass is 377 g/mol. The second-order valence-electron chi connectivity index (χ2n) is 8.42. The number of allylic oxidation sites excluding steroid dienone is 1. The highest BCUT2D eigenvalue weighted by atomic mass is 15.3. The Morgan fingerprint density at radius 1 is 0.964 bits per heavy atom. The molecule has 2 N–H and O–H groups in total. The maximum Gasteiger partial charge on any atom is 0.202 e. The van der Waals surface area contributed by atoms with E-state index in [-0.39, 0.29) is 6.17 Å². The molecule has 0 bridgehead atoms. The molecule has 5 heteroatoms. The summed E-state index contributed by atoms with van der Waals surface area (Å²) >= 11 is 0. The van der Waals surface area contributed by atoms with Gasteiger partial charge in [-0.2, -0.15) is 0 Å². The smallest absolute Gasteiger partial charge is 0.202 e. The Labute approximate surface area is 168 Å². The second kappa shape index (κ2) is 7.90. The molecule has 0 spiro atoms. The van der Waals surface area contributed by atoms with E-state index in [0.29, 0.717) is 6.04 Å². The van der Waals surface area contributed by atoms with E-state index in [1.807, 2.05) is 0 Å². The number of guanidine groups is 1. The minimum absolute atomic E-state index is 0.233. The van der Waals surface area contributed by atoms with Crippen LogP contribution in [0.25, 0.3) is 0 Å². The first-order valence-electron chi connectivity index (χ1n) is 11.0. The van der Waals surface area contributed by atoms with Gasteiger partial charge in [0.05, 0.1) is 0 Å². The third-order valence-electron chi connectivity index (χ3n) is 6.51. The quantitative estimate of drug-likeness (QED) is 0.818. The van der Waals surface area contributed by atoms with Gasteiger partial charge in [-0.15, -0.1) is 0 Å². The number of anilines is 2. The van der Waals surface area contributed by atoms with Crippen molar-refractivity contribution < 1.29 is 0 Å². The van der Waals surface area contributed by atoms with Gasteiger partial charge >= 0.3 is 0 Å². The van der Waals surface area contributed by atoms with Crippen molar-refractivity contribution in [3.05, 3.63) is 48.3 Å². The van der Waals surface area contributed by atoms with Gasteiger partial charge in [-0.25, -0.2) is 4.99 Å². The SMILES string of the molecule is C1=CN(C2CCCCC2)C2NC(Nc3ccc(N4CCCC4)cc3)=NC=C2C1. The first-order valence-corrected chi connectivity index (χ1v) is 11.0. The average Bonchev–Trinajstić information content (AvgIpc) is 3.29. The Morgan fingerprint density at radius 3 is 2.54 bits per heavy atom. The molecule has 5 nitrogen and oxygen atoms in total. The first kappa shape index (κ1) is 17.7. The number of nitrogens with one attached hydrogen (secondary N) is 2. The van der Waals surface area contributed by atoms with Crippen LogP contribution in [0.2, 0.25) is 0 Å². The van der Waals surface area contributed by atoms with Gasteiger partial charge < -0.3 is 20.4 Å². The molecule has 4 aliphatic rings. The Kier molecular flexibility index (Phi) is 4.98. The highest BCUT2D eigenvalue weighted by molar-refractivity contribution is 5.95. The minimum atomic E-state index is 0.233. The van der Waals surface area contributed by atoms with Crippen LogP contribution in [0.5, 0.6) is 0 Å². The summed E-state index contributed by atoms with van der Waals surface area (Å²) in [6.45, 7) is 2.36. The normalized spacial score (nSPS) is 25.1. The van der Waals surface area contributed by atoms with Gasteiger partial charge in [-0.3, -0.25) is 0 Å². The summed E-state index contributed by atoms with van der Waals surface area (Å²) in [5, 5.41) is 7.14. The van der Waals surface area contributed by atoms with Crippen LogP contribution in [0.1, 0.15) is 51.4 Å². The lowest BCUT2D eigenvalue weighted by molar-refractivity contribution is 0.164. The van der Waals surface area contributed by atoms with Crippen LogP contribution in [0, 0.1) is 0 Å². The minimum Gasteiger partial charge on any atom is -0.372 e. The molecule has 1 saturated heterocycles. The highest BCUT2D eigenvalue weighted by Crippen LogP contribution is 2.30. The van der Waals surface area contributed by atoms with E-state index in [4.69, 9.17) is 0 Å². The number of benzene rings is 1. The van der Waals surface area contributed by atoms with Crippen molar-refractivity contribution in [2.75, 3.05) is 23.3 Å². The molecule has 1 unspecified atom stereocenters. The Bertz CT molecular complexity index is 767. The summed E-state index contributed by atoms with van der Waals surface area (Å²) in [6, 6.07) is 9.41. The summed E-state index contributed by atoms with van der Waals surface area (Å²) in [5.74, 6) is 0.846. The molecule has 148 valence electrons. The fraction of sp³-hybridized carbons (Fsp3) is 0.522. The molecular formula is C23H31N5. The molecule has 3 heterocycles. The second-order valence-corrected chi connectivity index (χ2v) is 8.42. The Morgan fingerprint density at radius 2 is 1.75 bits per heavy atom. The van der Waals surface area contributed by atoms with E-state index in [0.717, 1.165) is 18.1 Å². The summed E-state index contributed by atoms with van der Waals surface area (Å²) in [6.07, 6.45) is 17.2. The summed E-state index contributed by atoms with van der Waals surface area (Å²) in [4.78, 5) is 9.64. The van der Waals surface area contributed by atoms with Crippen LogP contribution in [-0.4, -0.2) is 36.2 Å². The van der Waals surface area contributed by atoms with Gasteiger partial charge in [-0.05, 0) is 68.1 Å². The van der Waals surface area contributed by atoms with Crippen LogP contribution < -0.4 is 15.5 Å². The molecule has 1 aromatic carbocycles. The lowest BCUT2D eigenvalue weighted by Crippen LogP contribution is -2.55. The zero-order valence-electron chi connectivity index (χ0n) is 16.6. The van der Waals surface area contributed by atoms with Crippen molar-refractivity contribution in [2.24, 2.45) is 4.99 Å². The predicted octanol–water partition coefficient (Wildman–Crippen LogP) is 4.42. The molecule has 0 aromatic heterocycles. The van der Waals surface area contributed by atoms with Crippen LogP contribution in [-0.2, 0) is 0 Å². The van der Waals surface area contributed by atoms with Crippen LogP contribution in [0.3, 0.4) is 0 Å². The van der Waals surface area contributed by atoms with Gasteiger partial charge in [0.2, 0.25) is 5.96 Å².